The molecule has 3 rings (SSSR count). The van der Waals surface area contributed by atoms with Gasteiger partial charge in [-0.1, -0.05) is 51.3 Å². The van der Waals surface area contributed by atoms with Crippen LogP contribution in [0.2, 0.25) is 10.3 Å². The van der Waals surface area contributed by atoms with Crippen molar-refractivity contribution >= 4 is 39.1 Å². The van der Waals surface area contributed by atoms with E-state index >= 15 is 0 Å². The first kappa shape index (κ1) is 14.6. The predicted octanol–water partition coefficient (Wildman–Crippen LogP) is 5.78. The third kappa shape index (κ3) is 2.98. The Kier molecular flexibility index (Phi) is 4.02. The third-order valence-electron chi connectivity index (χ3n) is 2.89. The highest BCUT2D eigenvalue weighted by Gasteiger charge is 2.16. The van der Waals surface area contributed by atoms with Crippen LogP contribution in [-0.2, 0) is 0 Å². The summed E-state index contributed by atoms with van der Waals surface area (Å²) < 4.78 is 6.42. The zero-order chi connectivity index (χ0) is 15.0. The van der Waals surface area contributed by atoms with Gasteiger partial charge in [0.15, 0.2) is 11.6 Å². The van der Waals surface area contributed by atoms with E-state index in [-0.39, 0.29) is 10.3 Å². The van der Waals surface area contributed by atoms with Gasteiger partial charge in [-0.25, -0.2) is 9.97 Å². The number of nitrogens with zero attached hydrogens (tertiary/aromatic N) is 2. The lowest BCUT2D eigenvalue weighted by Crippen LogP contribution is -1.94. The lowest BCUT2D eigenvalue weighted by atomic mass is 10.1. The van der Waals surface area contributed by atoms with E-state index in [1.54, 1.807) is 6.07 Å². The van der Waals surface area contributed by atoms with Crippen molar-refractivity contribution in [3.05, 3.63) is 56.9 Å². The summed E-state index contributed by atoms with van der Waals surface area (Å²) >= 11 is 16.0. The van der Waals surface area contributed by atoms with Crippen LogP contribution < -0.4 is 0 Å². The highest BCUT2D eigenvalue weighted by Crippen LogP contribution is 2.35. The molecule has 2 heterocycles. The topological polar surface area (TPSA) is 38.9 Å². The first-order valence-electron chi connectivity index (χ1n) is 6.10. The van der Waals surface area contributed by atoms with E-state index in [2.05, 4.69) is 25.9 Å². The molecule has 2 aromatic heterocycles. The van der Waals surface area contributed by atoms with Crippen LogP contribution >= 0.6 is 39.1 Å². The Hall–Kier alpha value is -1.36. The van der Waals surface area contributed by atoms with E-state index in [9.17, 15) is 0 Å². The number of benzene rings is 1. The van der Waals surface area contributed by atoms with Gasteiger partial charge in [0.2, 0.25) is 0 Å². The molecule has 3 aromatic rings. The second-order valence-electron chi connectivity index (χ2n) is 4.42. The van der Waals surface area contributed by atoms with Gasteiger partial charge in [0, 0.05) is 4.47 Å². The number of furan rings is 1. The highest BCUT2D eigenvalue weighted by molar-refractivity contribution is 9.10. The number of halogens is 3. The molecule has 0 amide bonds. The molecule has 0 bridgehead atoms. The number of hydrogen-bond donors (Lipinski definition) is 0. The molecule has 0 saturated heterocycles. The van der Waals surface area contributed by atoms with Crippen LogP contribution in [0, 0.1) is 6.92 Å². The van der Waals surface area contributed by atoms with E-state index in [1.165, 1.54) is 0 Å². The van der Waals surface area contributed by atoms with Crippen molar-refractivity contribution in [2.75, 3.05) is 0 Å². The molecule has 1 aromatic carbocycles. The Morgan fingerprint density at radius 2 is 1.76 bits per heavy atom. The van der Waals surface area contributed by atoms with Crippen molar-refractivity contribution in [2.24, 2.45) is 0 Å². The zero-order valence-corrected chi connectivity index (χ0v) is 14.0. The molecule has 0 unspecified atom stereocenters. The molecular formula is C15H9BrCl2N2O. The van der Waals surface area contributed by atoms with Gasteiger partial charge in [0.1, 0.15) is 16.1 Å². The number of rotatable bonds is 2. The van der Waals surface area contributed by atoms with Gasteiger partial charge >= 0.3 is 0 Å². The molecule has 0 radical (unpaired) electrons. The van der Waals surface area contributed by atoms with Crippen LogP contribution in [-0.4, -0.2) is 9.97 Å². The lowest BCUT2D eigenvalue weighted by Gasteiger charge is -2.08. The van der Waals surface area contributed by atoms with E-state index in [0.717, 1.165) is 15.8 Å². The molecule has 3 nitrogen and oxygen atoms in total. The Balaban J connectivity index is 2.12. The quantitative estimate of drug-likeness (QED) is 0.526. The average Bonchev–Trinajstić information content (AvgIpc) is 2.85. The third-order valence-corrected chi connectivity index (χ3v) is 3.93. The molecule has 0 N–H and O–H groups in total. The molecular weight excluding hydrogens is 375 g/mol. The smallest absolute Gasteiger partial charge is 0.198 e. The number of aromatic nitrogens is 2. The molecule has 21 heavy (non-hydrogen) atoms. The van der Waals surface area contributed by atoms with Crippen LogP contribution in [0.5, 0.6) is 0 Å². The van der Waals surface area contributed by atoms with Gasteiger partial charge in [-0.2, -0.15) is 0 Å². The van der Waals surface area contributed by atoms with E-state index in [4.69, 9.17) is 27.6 Å². The fourth-order valence-electron chi connectivity index (χ4n) is 1.95. The second-order valence-corrected chi connectivity index (χ2v) is 6.06. The van der Waals surface area contributed by atoms with Gasteiger partial charge in [0.25, 0.3) is 0 Å². The van der Waals surface area contributed by atoms with Crippen molar-refractivity contribution in [3.63, 3.8) is 0 Å². The SMILES string of the molecule is Cc1ccc(-c2nc(Cl)c(-c3cccc(Br)c3)c(Cl)n2)o1. The molecule has 0 aliphatic heterocycles. The molecule has 0 atom stereocenters. The second kappa shape index (κ2) is 5.79. The minimum atomic E-state index is 0.289. The van der Waals surface area contributed by atoms with Gasteiger partial charge < -0.3 is 4.42 Å². The summed E-state index contributed by atoms with van der Waals surface area (Å²) in [5.74, 6) is 1.69. The van der Waals surface area contributed by atoms with Gasteiger partial charge in [0.05, 0.1) is 5.56 Å². The van der Waals surface area contributed by atoms with E-state index < -0.39 is 0 Å². The van der Waals surface area contributed by atoms with Crippen LogP contribution in [0.25, 0.3) is 22.7 Å². The number of aryl methyl sites for hydroxylation is 1. The fraction of sp³-hybridized carbons (Fsp3) is 0.0667. The van der Waals surface area contributed by atoms with Crippen molar-refractivity contribution in [1.29, 1.82) is 0 Å². The Labute approximate surface area is 140 Å². The maximum atomic E-state index is 6.29. The summed E-state index contributed by atoms with van der Waals surface area (Å²) in [4.78, 5) is 8.57. The first-order chi connectivity index (χ1) is 10.0. The minimum absolute atomic E-state index is 0.289. The summed E-state index contributed by atoms with van der Waals surface area (Å²) in [6.07, 6.45) is 0. The maximum absolute atomic E-state index is 6.29. The highest BCUT2D eigenvalue weighted by atomic mass is 79.9. The average molecular weight is 384 g/mol. The summed E-state index contributed by atoms with van der Waals surface area (Å²) in [6, 6.07) is 11.3. The van der Waals surface area contributed by atoms with Crippen molar-refractivity contribution < 1.29 is 4.42 Å². The van der Waals surface area contributed by atoms with Gasteiger partial charge in [-0.15, -0.1) is 0 Å². The van der Waals surface area contributed by atoms with Crippen molar-refractivity contribution in [2.45, 2.75) is 6.92 Å². The van der Waals surface area contributed by atoms with Gasteiger partial charge in [-0.3, -0.25) is 0 Å². The van der Waals surface area contributed by atoms with Crippen LogP contribution in [0.15, 0.2) is 45.3 Å². The standard InChI is InChI=1S/C15H9BrCl2N2O/c1-8-5-6-11(21-8)15-19-13(17)12(14(18)20-15)9-3-2-4-10(16)7-9/h2-7H,1H3. The monoisotopic (exact) mass is 382 g/mol. The first-order valence-corrected chi connectivity index (χ1v) is 7.65. The molecule has 0 saturated carbocycles. The Morgan fingerprint density at radius 3 is 2.33 bits per heavy atom. The van der Waals surface area contributed by atoms with E-state index in [1.807, 2.05) is 37.3 Å². The fourth-order valence-corrected chi connectivity index (χ4v) is 2.96. The molecule has 106 valence electrons. The predicted molar refractivity (Wildman–Crippen MR) is 87.6 cm³/mol. The van der Waals surface area contributed by atoms with Gasteiger partial charge in [-0.05, 0) is 36.8 Å². The van der Waals surface area contributed by atoms with Crippen molar-refractivity contribution in [3.8, 4) is 22.7 Å². The Morgan fingerprint density at radius 1 is 1.05 bits per heavy atom. The van der Waals surface area contributed by atoms with Crippen LogP contribution in [0.3, 0.4) is 0 Å². The Bertz CT molecular complexity index is 794. The molecule has 0 aliphatic rings. The van der Waals surface area contributed by atoms with Crippen LogP contribution in [0.4, 0.5) is 0 Å². The normalized spacial score (nSPS) is 10.9. The van der Waals surface area contributed by atoms with Crippen molar-refractivity contribution in [1.82, 2.24) is 9.97 Å². The maximum Gasteiger partial charge on any atom is 0.198 e. The summed E-state index contributed by atoms with van der Waals surface area (Å²) in [5.41, 5.74) is 1.45. The summed E-state index contributed by atoms with van der Waals surface area (Å²) in [7, 11) is 0. The lowest BCUT2D eigenvalue weighted by molar-refractivity contribution is 0.544. The molecule has 6 heteroatoms. The zero-order valence-electron chi connectivity index (χ0n) is 10.9. The minimum Gasteiger partial charge on any atom is -0.458 e. The van der Waals surface area contributed by atoms with Crippen LogP contribution in [0.1, 0.15) is 5.76 Å². The molecule has 0 fully saturated rings. The number of hydrogen-bond acceptors (Lipinski definition) is 3. The van der Waals surface area contributed by atoms with E-state index in [0.29, 0.717) is 17.1 Å². The summed E-state index contributed by atoms with van der Waals surface area (Å²) in [5, 5.41) is 0.578. The largest absolute Gasteiger partial charge is 0.458 e. The molecule has 0 spiro atoms. The summed E-state index contributed by atoms with van der Waals surface area (Å²) in [6.45, 7) is 1.85. The molecule has 0 aliphatic carbocycles.